The maximum Gasteiger partial charge on any atom is 0.215 e. The fraction of sp³-hybridized carbons (Fsp3) is 0.500. The Bertz CT molecular complexity index is 879. The van der Waals surface area contributed by atoms with Gasteiger partial charge in [0.1, 0.15) is 0 Å². The molecule has 1 fully saturated rings. The first-order valence-electron chi connectivity index (χ1n) is 9.15. The van der Waals surface area contributed by atoms with Crippen molar-refractivity contribution >= 4 is 62.6 Å². The molecule has 1 aliphatic heterocycles. The van der Waals surface area contributed by atoms with Gasteiger partial charge in [0.15, 0.2) is 5.96 Å². The van der Waals surface area contributed by atoms with Crippen LogP contribution >= 0.6 is 35.7 Å². The summed E-state index contributed by atoms with van der Waals surface area (Å²) < 4.78 is 26.3. The number of H-pyrrole nitrogens is 1. The Morgan fingerprint density at radius 2 is 1.93 bits per heavy atom. The van der Waals surface area contributed by atoms with Gasteiger partial charge >= 0.3 is 0 Å². The molecule has 0 unspecified atom stereocenters. The number of halogens is 1. The van der Waals surface area contributed by atoms with Gasteiger partial charge in [-0.25, -0.2) is 12.7 Å². The standard InChI is InChI=1S/C18H27N5O2S2.HI/c1-19-18(21-8-13-27(24,25)23-9-11-26-12-10-23)20-7-6-15-14-22-17-5-3-2-4-16(15)17;/h2-5,14,22H,6-13H2,1H3,(H2,19,20,21);1H. The Hall–Kier alpha value is -0.980. The Kier molecular flexibility index (Phi) is 9.38. The smallest absolute Gasteiger partial charge is 0.215 e. The van der Waals surface area contributed by atoms with Crippen LogP contribution in [0.4, 0.5) is 0 Å². The summed E-state index contributed by atoms with van der Waals surface area (Å²) in [6, 6.07) is 8.23. The second kappa shape index (κ2) is 11.3. The van der Waals surface area contributed by atoms with Crippen LogP contribution < -0.4 is 10.6 Å². The molecule has 156 valence electrons. The third-order valence-electron chi connectivity index (χ3n) is 4.60. The van der Waals surface area contributed by atoms with Gasteiger partial charge in [-0.1, -0.05) is 18.2 Å². The number of rotatable bonds is 7. The van der Waals surface area contributed by atoms with Crippen LogP contribution in [-0.2, 0) is 16.4 Å². The number of aromatic nitrogens is 1. The molecule has 28 heavy (non-hydrogen) atoms. The number of aliphatic imine (C=N–C) groups is 1. The van der Waals surface area contributed by atoms with E-state index in [0.29, 0.717) is 25.6 Å². The monoisotopic (exact) mass is 537 g/mol. The van der Waals surface area contributed by atoms with Crippen molar-refractivity contribution in [3.05, 3.63) is 36.0 Å². The molecule has 1 aliphatic rings. The minimum atomic E-state index is -3.20. The van der Waals surface area contributed by atoms with Gasteiger partial charge in [-0.3, -0.25) is 4.99 Å². The Morgan fingerprint density at radius 1 is 1.21 bits per heavy atom. The summed E-state index contributed by atoms with van der Waals surface area (Å²) >= 11 is 1.80. The third kappa shape index (κ3) is 6.26. The molecular weight excluding hydrogens is 509 g/mol. The molecule has 2 aromatic rings. The lowest BCUT2D eigenvalue weighted by Crippen LogP contribution is -2.44. The normalized spacial score (nSPS) is 16.0. The van der Waals surface area contributed by atoms with E-state index in [-0.39, 0.29) is 29.7 Å². The molecule has 3 N–H and O–H groups in total. The first-order valence-corrected chi connectivity index (χ1v) is 11.9. The minimum absolute atomic E-state index is 0. The lowest BCUT2D eigenvalue weighted by molar-refractivity contribution is 0.443. The van der Waals surface area contributed by atoms with Gasteiger partial charge in [-0.15, -0.1) is 24.0 Å². The fourth-order valence-electron chi connectivity index (χ4n) is 3.13. The number of hydrogen-bond acceptors (Lipinski definition) is 4. The molecule has 0 saturated carbocycles. The van der Waals surface area contributed by atoms with E-state index in [0.717, 1.165) is 30.0 Å². The Balaban J connectivity index is 0.00000280. The lowest BCUT2D eigenvalue weighted by atomic mass is 10.1. The summed E-state index contributed by atoms with van der Waals surface area (Å²) in [6.45, 7) is 2.30. The van der Waals surface area contributed by atoms with E-state index in [9.17, 15) is 8.42 Å². The van der Waals surface area contributed by atoms with Crippen molar-refractivity contribution in [1.29, 1.82) is 0 Å². The van der Waals surface area contributed by atoms with Crippen molar-refractivity contribution < 1.29 is 8.42 Å². The molecular formula is C18H28IN5O2S2. The Morgan fingerprint density at radius 3 is 2.68 bits per heavy atom. The highest BCUT2D eigenvalue weighted by Gasteiger charge is 2.23. The number of fused-ring (bicyclic) bond motifs is 1. The van der Waals surface area contributed by atoms with E-state index in [1.807, 2.05) is 18.3 Å². The maximum absolute atomic E-state index is 12.4. The summed E-state index contributed by atoms with van der Waals surface area (Å²) in [7, 11) is -1.51. The van der Waals surface area contributed by atoms with Crippen LogP contribution in [0.2, 0.25) is 0 Å². The van der Waals surface area contributed by atoms with Crippen LogP contribution in [-0.4, -0.2) is 74.2 Å². The molecule has 2 heterocycles. The summed E-state index contributed by atoms with van der Waals surface area (Å²) in [5.41, 5.74) is 2.38. The molecule has 1 saturated heterocycles. The van der Waals surface area contributed by atoms with Crippen LogP contribution in [0, 0.1) is 0 Å². The number of sulfonamides is 1. The molecule has 10 heteroatoms. The average molecular weight is 537 g/mol. The highest BCUT2D eigenvalue weighted by Crippen LogP contribution is 2.17. The van der Waals surface area contributed by atoms with Crippen molar-refractivity contribution in [1.82, 2.24) is 19.9 Å². The number of para-hydroxylation sites is 1. The summed E-state index contributed by atoms with van der Waals surface area (Å²) in [6.07, 6.45) is 2.89. The van der Waals surface area contributed by atoms with Crippen molar-refractivity contribution in [2.24, 2.45) is 4.99 Å². The predicted molar refractivity (Wildman–Crippen MR) is 129 cm³/mol. The first-order chi connectivity index (χ1) is 13.1. The maximum atomic E-state index is 12.4. The van der Waals surface area contributed by atoms with Crippen LogP contribution in [0.3, 0.4) is 0 Å². The van der Waals surface area contributed by atoms with Gasteiger partial charge in [0.2, 0.25) is 10.0 Å². The van der Waals surface area contributed by atoms with E-state index in [1.165, 1.54) is 10.9 Å². The lowest BCUT2D eigenvalue weighted by Gasteiger charge is -2.25. The van der Waals surface area contributed by atoms with Crippen LogP contribution in [0.5, 0.6) is 0 Å². The molecule has 0 radical (unpaired) electrons. The number of hydrogen-bond donors (Lipinski definition) is 3. The van der Waals surface area contributed by atoms with Gasteiger partial charge in [0, 0.05) is 61.8 Å². The predicted octanol–water partition coefficient (Wildman–Crippen LogP) is 1.87. The average Bonchev–Trinajstić information content (AvgIpc) is 3.10. The molecule has 0 bridgehead atoms. The van der Waals surface area contributed by atoms with Crippen LogP contribution in [0.1, 0.15) is 5.56 Å². The van der Waals surface area contributed by atoms with Crippen molar-refractivity contribution in [2.45, 2.75) is 6.42 Å². The van der Waals surface area contributed by atoms with E-state index < -0.39 is 10.0 Å². The number of benzene rings is 1. The fourth-order valence-corrected chi connectivity index (χ4v) is 5.62. The number of guanidine groups is 1. The van der Waals surface area contributed by atoms with Gasteiger partial charge < -0.3 is 15.6 Å². The number of nitrogens with one attached hydrogen (secondary N) is 3. The third-order valence-corrected chi connectivity index (χ3v) is 7.42. The summed E-state index contributed by atoms with van der Waals surface area (Å²) in [4.78, 5) is 7.45. The zero-order valence-electron chi connectivity index (χ0n) is 16.0. The number of nitrogens with zero attached hydrogens (tertiary/aromatic N) is 2. The van der Waals surface area contributed by atoms with Crippen molar-refractivity contribution in [3.63, 3.8) is 0 Å². The van der Waals surface area contributed by atoms with E-state index in [4.69, 9.17) is 0 Å². The summed E-state index contributed by atoms with van der Waals surface area (Å²) in [5.74, 6) is 2.47. The van der Waals surface area contributed by atoms with Gasteiger partial charge in [-0.05, 0) is 18.1 Å². The van der Waals surface area contributed by atoms with Crippen LogP contribution in [0.25, 0.3) is 10.9 Å². The second-order valence-electron chi connectivity index (χ2n) is 6.36. The molecule has 0 aliphatic carbocycles. The Labute approximate surface area is 188 Å². The molecule has 0 spiro atoms. The van der Waals surface area contributed by atoms with Gasteiger partial charge in [0.25, 0.3) is 0 Å². The largest absolute Gasteiger partial charge is 0.361 e. The molecule has 3 rings (SSSR count). The van der Waals surface area contributed by atoms with Gasteiger partial charge in [0.05, 0.1) is 5.75 Å². The van der Waals surface area contributed by atoms with E-state index in [2.05, 4.69) is 32.7 Å². The highest BCUT2D eigenvalue weighted by atomic mass is 127. The van der Waals surface area contributed by atoms with Crippen molar-refractivity contribution in [3.8, 4) is 0 Å². The number of aromatic amines is 1. The quantitative estimate of drug-likeness (QED) is 0.285. The zero-order chi connectivity index (χ0) is 19.1. The molecule has 0 atom stereocenters. The first kappa shape index (κ1) is 23.3. The van der Waals surface area contributed by atoms with E-state index in [1.54, 1.807) is 23.1 Å². The zero-order valence-corrected chi connectivity index (χ0v) is 19.9. The summed E-state index contributed by atoms with van der Waals surface area (Å²) in [5, 5.41) is 7.58. The van der Waals surface area contributed by atoms with Crippen molar-refractivity contribution in [2.75, 3.05) is 50.5 Å². The molecule has 0 amide bonds. The SMILES string of the molecule is CN=C(NCCc1c[nH]c2ccccc12)NCCS(=O)(=O)N1CCSCC1.I. The molecule has 1 aromatic heterocycles. The topological polar surface area (TPSA) is 89.6 Å². The van der Waals surface area contributed by atoms with Crippen LogP contribution in [0.15, 0.2) is 35.5 Å². The molecule has 1 aromatic carbocycles. The minimum Gasteiger partial charge on any atom is -0.361 e. The second-order valence-corrected chi connectivity index (χ2v) is 9.68. The van der Waals surface area contributed by atoms with E-state index >= 15 is 0 Å². The molecule has 7 nitrogen and oxygen atoms in total. The van der Waals surface area contributed by atoms with Gasteiger partial charge in [-0.2, -0.15) is 11.8 Å². The highest BCUT2D eigenvalue weighted by molar-refractivity contribution is 14.0. The number of thioether (sulfide) groups is 1.